The number of carbonyl (C=O) groups is 1. The van der Waals surface area contributed by atoms with E-state index >= 15 is 0 Å². The largest absolute Gasteiger partial charge is 0.271 e. The van der Waals surface area contributed by atoms with Gasteiger partial charge in [-0.1, -0.05) is 48.0 Å². The Morgan fingerprint density at radius 1 is 0.947 bits per heavy atom. The third-order valence-corrected chi connectivity index (χ3v) is 2.83. The smallest absolute Gasteiger partial charge is 0.267 e. The van der Waals surface area contributed by atoms with Gasteiger partial charge in [0, 0.05) is 5.56 Å². The van der Waals surface area contributed by atoms with Crippen LogP contribution in [0.15, 0.2) is 59.7 Å². The van der Waals surface area contributed by atoms with Crippen LogP contribution in [-0.4, -0.2) is 11.6 Å². The first-order valence-corrected chi connectivity index (χ1v) is 6.13. The Kier molecular flexibility index (Phi) is 4.08. The van der Waals surface area contributed by atoms with Gasteiger partial charge in [0.1, 0.15) is 0 Å². The van der Waals surface area contributed by atoms with Gasteiger partial charge in [0.25, 0.3) is 5.91 Å². The van der Waals surface area contributed by atoms with Crippen LogP contribution in [0.4, 0.5) is 0 Å². The molecule has 3 heteroatoms. The highest BCUT2D eigenvalue weighted by atomic mass is 16.2. The van der Waals surface area contributed by atoms with Gasteiger partial charge in [-0.3, -0.25) is 4.79 Å². The maximum Gasteiger partial charge on any atom is 0.271 e. The summed E-state index contributed by atoms with van der Waals surface area (Å²) in [5.74, 6) is -0.199. The predicted octanol–water partition coefficient (Wildman–Crippen LogP) is 3.15. The van der Waals surface area contributed by atoms with Gasteiger partial charge in [-0.25, -0.2) is 5.43 Å². The number of rotatable bonds is 3. The van der Waals surface area contributed by atoms with Crippen LogP contribution in [0.1, 0.15) is 28.4 Å². The summed E-state index contributed by atoms with van der Waals surface area (Å²) in [5, 5.41) is 4.11. The van der Waals surface area contributed by atoms with E-state index in [0.717, 1.165) is 16.8 Å². The molecule has 0 saturated carbocycles. The molecule has 0 unspecified atom stereocenters. The lowest BCUT2D eigenvalue weighted by atomic mass is 10.1. The van der Waals surface area contributed by atoms with Gasteiger partial charge in [-0.2, -0.15) is 5.10 Å². The van der Waals surface area contributed by atoms with Crippen LogP contribution in [0.3, 0.4) is 0 Å². The number of carbonyl (C=O) groups excluding carboxylic acids is 1. The zero-order valence-electron chi connectivity index (χ0n) is 11.1. The van der Waals surface area contributed by atoms with Crippen molar-refractivity contribution in [2.24, 2.45) is 5.10 Å². The van der Waals surface area contributed by atoms with Crippen LogP contribution in [0.25, 0.3) is 0 Å². The van der Waals surface area contributed by atoms with Crippen LogP contribution in [0, 0.1) is 6.92 Å². The summed E-state index contributed by atoms with van der Waals surface area (Å²) >= 11 is 0. The molecule has 1 N–H and O–H groups in total. The Morgan fingerprint density at radius 3 is 2.21 bits per heavy atom. The molecule has 0 aliphatic carbocycles. The molecule has 2 aromatic carbocycles. The minimum Gasteiger partial charge on any atom is -0.267 e. The number of nitrogens with one attached hydrogen (secondary N) is 1. The summed E-state index contributed by atoms with van der Waals surface area (Å²) in [6, 6.07) is 17.1. The van der Waals surface area contributed by atoms with Crippen LogP contribution < -0.4 is 5.43 Å². The standard InChI is InChI=1S/C16H16N2O/c1-12-8-10-15(11-9-12)16(19)18-17-13(2)14-6-4-3-5-7-14/h3-11H,1-2H3,(H,18,19)/b17-13-. The number of hydrogen-bond acceptors (Lipinski definition) is 2. The van der Waals surface area contributed by atoms with E-state index in [-0.39, 0.29) is 5.91 Å². The van der Waals surface area contributed by atoms with E-state index in [1.165, 1.54) is 0 Å². The highest BCUT2D eigenvalue weighted by molar-refractivity contribution is 6.00. The highest BCUT2D eigenvalue weighted by Gasteiger charge is 2.04. The van der Waals surface area contributed by atoms with Gasteiger partial charge in [-0.15, -0.1) is 0 Å². The van der Waals surface area contributed by atoms with Gasteiger partial charge >= 0.3 is 0 Å². The number of benzene rings is 2. The van der Waals surface area contributed by atoms with Gasteiger partial charge < -0.3 is 0 Å². The second-order valence-corrected chi connectivity index (χ2v) is 4.37. The van der Waals surface area contributed by atoms with E-state index in [2.05, 4.69) is 10.5 Å². The Bertz CT molecular complexity index is 586. The number of hydrazone groups is 1. The Balaban J connectivity index is 2.06. The molecule has 0 atom stereocenters. The van der Waals surface area contributed by atoms with Crippen molar-refractivity contribution in [1.82, 2.24) is 5.43 Å². The molecule has 96 valence electrons. The highest BCUT2D eigenvalue weighted by Crippen LogP contribution is 2.03. The third-order valence-electron chi connectivity index (χ3n) is 2.83. The van der Waals surface area contributed by atoms with Crippen LogP contribution >= 0.6 is 0 Å². The molecule has 0 aromatic heterocycles. The van der Waals surface area contributed by atoms with Crippen molar-refractivity contribution < 1.29 is 4.79 Å². The first-order valence-electron chi connectivity index (χ1n) is 6.13. The van der Waals surface area contributed by atoms with Crippen molar-refractivity contribution in [3.8, 4) is 0 Å². The zero-order chi connectivity index (χ0) is 13.7. The maximum atomic E-state index is 11.9. The molecular weight excluding hydrogens is 236 g/mol. The van der Waals surface area contributed by atoms with Gasteiger partial charge in [-0.05, 0) is 31.5 Å². The molecule has 1 amide bonds. The van der Waals surface area contributed by atoms with Crippen molar-refractivity contribution in [3.63, 3.8) is 0 Å². The average molecular weight is 252 g/mol. The molecular formula is C16H16N2O. The predicted molar refractivity (Wildman–Crippen MR) is 77.3 cm³/mol. The summed E-state index contributed by atoms with van der Waals surface area (Å²) in [4.78, 5) is 11.9. The van der Waals surface area contributed by atoms with E-state index in [4.69, 9.17) is 0 Å². The summed E-state index contributed by atoms with van der Waals surface area (Å²) in [7, 11) is 0. The molecule has 2 aromatic rings. The molecule has 3 nitrogen and oxygen atoms in total. The van der Waals surface area contributed by atoms with Crippen LogP contribution in [0.5, 0.6) is 0 Å². The fourth-order valence-electron chi connectivity index (χ4n) is 1.65. The molecule has 0 fully saturated rings. The van der Waals surface area contributed by atoms with E-state index in [0.29, 0.717) is 5.56 Å². The van der Waals surface area contributed by atoms with Crippen LogP contribution in [-0.2, 0) is 0 Å². The van der Waals surface area contributed by atoms with Gasteiger partial charge in [0.15, 0.2) is 0 Å². The summed E-state index contributed by atoms with van der Waals surface area (Å²) in [6.07, 6.45) is 0. The number of amides is 1. The number of aryl methyl sites for hydroxylation is 1. The zero-order valence-corrected chi connectivity index (χ0v) is 11.1. The molecule has 0 spiro atoms. The normalized spacial score (nSPS) is 11.2. The lowest BCUT2D eigenvalue weighted by molar-refractivity contribution is 0.0955. The van der Waals surface area contributed by atoms with Gasteiger partial charge in [0.2, 0.25) is 0 Å². The minimum atomic E-state index is -0.199. The number of nitrogens with zero attached hydrogens (tertiary/aromatic N) is 1. The fourth-order valence-corrected chi connectivity index (χ4v) is 1.65. The monoisotopic (exact) mass is 252 g/mol. The average Bonchev–Trinajstić information content (AvgIpc) is 2.46. The van der Waals surface area contributed by atoms with E-state index in [9.17, 15) is 4.79 Å². The summed E-state index contributed by atoms with van der Waals surface area (Å²) < 4.78 is 0. The summed E-state index contributed by atoms with van der Waals surface area (Å²) in [5.41, 5.74) is 6.07. The molecule has 2 rings (SSSR count). The third kappa shape index (κ3) is 3.52. The van der Waals surface area contributed by atoms with Crippen molar-refractivity contribution >= 4 is 11.6 Å². The lowest BCUT2D eigenvalue weighted by Crippen LogP contribution is -2.19. The van der Waals surface area contributed by atoms with E-state index in [1.54, 1.807) is 12.1 Å². The van der Waals surface area contributed by atoms with Gasteiger partial charge in [0.05, 0.1) is 5.71 Å². The molecule has 0 saturated heterocycles. The maximum absolute atomic E-state index is 11.9. The molecule has 0 bridgehead atoms. The molecule has 0 radical (unpaired) electrons. The Labute approximate surface area is 113 Å². The van der Waals surface area contributed by atoms with E-state index in [1.807, 2.05) is 56.3 Å². The Hall–Kier alpha value is -2.42. The minimum absolute atomic E-state index is 0.199. The lowest BCUT2D eigenvalue weighted by Gasteiger charge is -2.03. The first kappa shape index (κ1) is 13.0. The Morgan fingerprint density at radius 2 is 1.58 bits per heavy atom. The molecule has 0 aliphatic rings. The topological polar surface area (TPSA) is 41.5 Å². The SMILES string of the molecule is C/C(=N/NC(=O)c1ccc(C)cc1)c1ccccc1. The van der Waals surface area contributed by atoms with Crippen LogP contribution in [0.2, 0.25) is 0 Å². The van der Waals surface area contributed by atoms with Crippen molar-refractivity contribution in [1.29, 1.82) is 0 Å². The van der Waals surface area contributed by atoms with Crippen molar-refractivity contribution in [2.75, 3.05) is 0 Å². The fraction of sp³-hybridized carbons (Fsp3) is 0.125. The summed E-state index contributed by atoms with van der Waals surface area (Å²) in [6.45, 7) is 3.85. The molecule has 0 aliphatic heterocycles. The molecule has 19 heavy (non-hydrogen) atoms. The first-order chi connectivity index (χ1) is 9.16. The second kappa shape index (κ2) is 5.96. The van der Waals surface area contributed by atoms with Crippen molar-refractivity contribution in [3.05, 3.63) is 71.3 Å². The number of hydrogen-bond donors (Lipinski definition) is 1. The second-order valence-electron chi connectivity index (χ2n) is 4.37. The van der Waals surface area contributed by atoms with Crippen molar-refractivity contribution in [2.45, 2.75) is 13.8 Å². The molecule has 0 heterocycles. The van der Waals surface area contributed by atoms with E-state index < -0.39 is 0 Å². The quantitative estimate of drug-likeness (QED) is 0.661.